The monoisotopic (exact) mass is 506 g/mol. The molecule has 1 atom stereocenters. The molecule has 3 aromatic rings. The zero-order valence-corrected chi connectivity index (χ0v) is 21.0. The molecule has 1 amide bonds. The molecule has 0 unspecified atom stereocenters. The summed E-state index contributed by atoms with van der Waals surface area (Å²) in [4.78, 5) is 13.6. The molecule has 7 nitrogen and oxygen atoms in total. The molecule has 1 saturated heterocycles. The average Bonchev–Trinajstić information content (AvgIpc) is 2.92. The number of fused-ring (bicyclic) bond motifs is 1. The highest BCUT2D eigenvalue weighted by molar-refractivity contribution is 7.92. The Morgan fingerprint density at radius 1 is 1.00 bits per heavy atom. The van der Waals surface area contributed by atoms with Crippen molar-refractivity contribution in [3.8, 4) is 5.75 Å². The summed E-state index contributed by atoms with van der Waals surface area (Å²) in [6.45, 7) is 3.46. The molecular weight excluding hydrogens is 476 g/mol. The molecule has 0 aromatic heterocycles. The van der Waals surface area contributed by atoms with Crippen molar-refractivity contribution in [2.75, 3.05) is 30.6 Å². The van der Waals surface area contributed by atoms with Crippen LogP contribution in [0.15, 0.2) is 83.8 Å². The second kappa shape index (κ2) is 9.95. The van der Waals surface area contributed by atoms with Crippen LogP contribution in [-0.2, 0) is 25.0 Å². The number of anilines is 1. The third kappa shape index (κ3) is 4.70. The van der Waals surface area contributed by atoms with Gasteiger partial charge < -0.3 is 14.8 Å². The third-order valence-corrected chi connectivity index (χ3v) is 8.84. The van der Waals surface area contributed by atoms with E-state index in [2.05, 4.69) is 17.4 Å². The van der Waals surface area contributed by atoms with E-state index >= 15 is 0 Å². The van der Waals surface area contributed by atoms with Gasteiger partial charge in [-0.25, -0.2) is 8.42 Å². The molecule has 5 rings (SSSR count). The van der Waals surface area contributed by atoms with Gasteiger partial charge in [0.1, 0.15) is 5.75 Å². The number of benzene rings is 3. The van der Waals surface area contributed by atoms with E-state index in [0.717, 1.165) is 24.0 Å². The number of nitrogens with zero attached hydrogens (tertiary/aromatic N) is 1. The molecule has 1 fully saturated rings. The summed E-state index contributed by atoms with van der Waals surface area (Å²) in [7, 11) is -3.89. The third-order valence-electron chi connectivity index (χ3n) is 7.05. The van der Waals surface area contributed by atoms with E-state index in [1.165, 1.54) is 4.31 Å². The summed E-state index contributed by atoms with van der Waals surface area (Å²) in [6, 6.07) is 23.7. The number of amides is 1. The van der Waals surface area contributed by atoms with Crippen molar-refractivity contribution in [3.63, 3.8) is 0 Å². The molecule has 2 aliphatic heterocycles. The maximum Gasteiger partial charge on any atom is 0.264 e. The van der Waals surface area contributed by atoms with Crippen LogP contribution in [0.4, 0.5) is 5.69 Å². The summed E-state index contributed by atoms with van der Waals surface area (Å²) in [5.41, 5.74) is 2.26. The van der Waals surface area contributed by atoms with E-state index in [0.29, 0.717) is 31.2 Å². The van der Waals surface area contributed by atoms with Crippen molar-refractivity contribution in [1.29, 1.82) is 0 Å². The minimum absolute atomic E-state index is 0.111. The largest absolute Gasteiger partial charge is 0.476 e. The van der Waals surface area contributed by atoms with Gasteiger partial charge in [0.25, 0.3) is 15.9 Å². The Morgan fingerprint density at radius 3 is 2.36 bits per heavy atom. The topological polar surface area (TPSA) is 84.9 Å². The number of ether oxygens (including phenoxy) is 2. The first-order valence-electron chi connectivity index (χ1n) is 12.2. The van der Waals surface area contributed by atoms with Gasteiger partial charge in [0, 0.05) is 25.2 Å². The lowest BCUT2D eigenvalue weighted by molar-refractivity contribution is -0.128. The smallest absolute Gasteiger partial charge is 0.264 e. The average molecular weight is 507 g/mol. The normalized spacial score (nSPS) is 19.1. The highest BCUT2D eigenvalue weighted by Gasteiger charge is 2.39. The van der Waals surface area contributed by atoms with Crippen LogP contribution < -0.4 is 14.4 Å². The Balaban J connectivity index is 1.41. The summed E-state index contributed by atoms with van der Waals surface area (Å²) in [6.07, 6.45) is 0.601. The van der Waals surface area contributed by atoms with Gasteiger partial charge in [-0.1, -0.05) is 54.6 Å². The van der Waals surface area contributed by atoms with E-state index in [1.807, 2.05) is 31.2 Å². The van der Waals surface area contributed by atoms with Crippen LogP contribution in [0.3, 0.4) is 0 Å². The first-order chi connectivity index (χ1) is 17.4. The number of sulfonamides is 1. The molecule has 8 heteroatoms. The maximum atomic E-state index is 13.6. The summed E-state index contributed by atoms with van der Waals surface area (Å²) in [5.74, 6) is 0.0435. The van der Waals surface area contributed by atoms with E-state index < -0.39 is 16.1 Å². The number of hydrogen-bond acceptors (Lipinski definition) is 5. The molecule has 36 heavy (non-hydrogen) atoms. The Hall–Kier alpha value is -3.36. The van der Waals surface area contributed by atoms with Gasteiger partial charge in [0.2, 0.25) is 0 Å². The van der Waals surface area contributed by atoms with E-state index in [4.69, 9.17) is 9.47 Å². The lowest BCUT2D eigenvalue weighted by Crippen LogP contribution is -2.53. The van der Waals surface area contributed by atoms with Gasteiger partial charge in [0.05, 0.1) is 17.1 Å². The number of carbonyl (C=O) groups excluding carboxylic acids is 1. The van der Waals surface area contributed by atoms with Gasteiger partial charge in [-0.15, -0.1) is 0 Å². The molecule has 0 saturated carbocycles. The minimum atomic E-state index is -3.89. The van der Waals surface area contributed by atoms with Crippen LogP contribution in [0.1, 0.15) is 24.0 Å². The van der Waals surface area contributed by atoms with Gasteiger partial charge in [-0.2, -0.15) is 0 Å². The van der Waals surface area contributed by atoms with Crippen molar-refractivity contribution in [2.24, 2.45) is 0 Å². The second-order valence-electron chi connectivity index (χ2n) is 9.40. The predicted octanol–water partition coefficient (Wildman–Crippen LogP) is 3.82. The first kappa shape index (κ1) is 24.3. The molecule has 188 valence electrons. The van der Waals surface area contributed by atoms with Gasteiger partial charge in [0.15, 0.2) is 6.10 Å². The van der Waals surface area contributed by atoms with Crippen molar-refractivity contribution in [2.45, 2.75) is 36.2 Å². The van der Waals surface area contributed by atoms with Crippen LogP contribution >= 0.6 is 0 Å². The zero-order chi connectivity index (χ0) is 25.2. The van der Waals surface area contributed by atoms with Gasteiger partial charge >= 0.3 is 0 Å². The summed E-state index contributed by atoms with van der Waals surface area (Å²) in [5, 5.41) is 3.08. The molecular formula is C28H30N2O5S. The molecule has 2 heterocycles. The Kier molecular flexibility index (Phi) is 6.73. The molecule has 0 bridgehead atoms. The van der Waals surface area contributed by atoms with Crippen LogP contribution in [0.2, 0.25) is 0 Å². The SMILES string of the molecule is Cc1ccc2c(c1)O[C@H](C(=O)NCC1(c3ccccc3)CCOCC1)CN2S(=O)(=O)c1ccccc1. The lowest BCUT2D eigenvalue weighted by atomic mass is 9.74. The Labute approximate surface area is 212 Å². The molecule has 0 spiro atoms. The van der Waals surface area contributed by atoms with Crippen LogP contribution in [-0.4, -0.2) is 46.7 Å². The fourth-order valence-electron chi connectivity index (χ4n) is 4.94. The van der Waals surface area contributed by atoms with E-state index in [9.17, 15) is 13.2 Å². The molecule has 1 N–H and O–H groups in total. The summed E-state index contributed by atoms with van der Waals surface area (Å²) < 4.78 is 40.1. The quantitative estimate of drug-likeness (QED) is 0.550. The number of aryl methyl sites for hydroxylation is 1. The highest BCUT2D eigenvalue weighted by atomic mass is 32.2. The number of hydrogen-bond donors (Lipinski definition) is 1. The van der Waals surface area contributed by atoms with Crippen LogP contribution in [0, 0.1) is 6.92 Å². The van der Waals surface area contributed by atoms with Crippen molar-refractivity contribution >= 4 is 21.6 Å². The predicted molar refractivity (Wildman–Crippen MR) is 138 cm³/mol. The number of rotatable bonds is 6. The number of carbonyl (C=O) groups is 1. The van der Waals surface area contributed by atoms with Crippen molar-refractivity contribution < 1.29 is 22.7 Å². The van der Waals surface area contributed by atoms with E-state index in [-0.39, 0.29) is 22.8 Å². The van der Waals surface area contributed by atoms with Gasteiger partial charge in [-0.3, -0.25) is 9.10 Å². The van der Waals surface area contributed by atoms with Crippen LogP contribution in [0.25, 0.3) is 0 Å². The van der Waals surface area contributed by atoms with Crippen LogP contribution in [0.5, 0.6) is 5.75 Å². The Bertz CT molecular complexity index is 1320. The standard InChI is InChI=1S/C28H30N2O5S/c1-21-12-13-24-25(18-21)35-26(19-30(24)36(32,33)23-10-6-3-7-11-23)27(31)29-20-28(14-16-34-17-15-28)22-8-4-2-5-9-22/h2-13,18,26H,14-17,19-20H2,1H3,(H,29,31)/t26-/m0/s1. The molecule has 0 aliphatic carbocycles. The minimum Gasteiger partial charge on any atom is -0.476 e. The van der Waals surface area contributed by atoms with E-state index in [1.54, 1.807) is 42.5 Å². The van der Waals surface area contributed by atoms with Gasteiger partial charge in [-0.05, 0) is 55.2 Å². The van der Waals surface area contributed by atoms with Crippen molar-refractivity contribution in [3.05, 3.63) is 90.0 Å². The highest BCUT2D eigenvalue weighted by Crippen LogP contribution is 2.38. The molecule has 0 radical (unpaired) electrons. The molecule has 2 aliphatic rings. The first-order valence-corrected chi connectivity index (χ1v) is 13.6. The van der Waals surface area contributed by atoms with Crippen molar-refractivity contribution in [1.82, 2.24) is 5.32 Å². The molecule has 3 aromatic carbocycles. The zero-order valence-electron chi connectivity index (χ0n) is 20.2. The summed E-state index contributed by atoms with van der Waals surface area (Å²) >= 11 is 0. The fourth-order valence-corrected chi connectivity index (χ4v) is 6.43. The Morgan fingerprint density at radius 2 is 1.67 bits per heavy atom. The second-order valence-corrected chi connectivity index (χ2v) is 11.3. The number of nitrogens with one attached hydrogen (secondary N) is 1. The lowest BCUT2D eigenvalue weighted by Gasteiger charge is -2.39. The maximum absolute atomic E-state index is 13.6. The fraction of sp³-hybridized carbons (Fsp3) is 0.321.